The van der Waals surface area contributed by atoms with Gasteiger partial charge in [0.25, 0.3) is 12.4 Å². The van der Waals surface area contributed by atoms with E-state index in [-0.39, 0.29) is 6.42 Å². The molecular formula is C6H5F3N+. The molecule has 0 aliphatic carbocycles. The molecule has 0 spiro atoms. The summed E-state index contributed by atoms with van der Waals surface area (Å²) in [6, 6.07) is 0. The Morgan fingerprint density at radius 1 is 1.40 bits per heavy atom. The molecular weight excluding hydrogens is 143 g/mol. The lowest BCUT2D eigenvalue weighted by atomic mass is 10.1. The molecule has 1 nitrogen and oxygen atoms in total. The summed E-state index contributed by atoms with van der Waals surface area (Å²) in [7, 11) is 0. The molecule has 0 unspecified atom stereocenters. The van der Waals surface area contributed by atoms with E-state index in [1.165, 1.54) is 6.21 Å². The first-order valence-electron chi connectivity index (χ1n) is 2.72. The second-order valence-electron chi connectivity index (χ2n) is 1.87. The highest BCUT2D eigenvalue weighted by atomic mass is 19.4. The van der Waals surface area contributed by atoms with E-state index < -0.39 is 11.7 Å². The monoisotopic (exact) mass is 148 g/mol. The third-order valence-corrected chi connectivity index (χ3v) is 1.14. The summed E-state index contributed by atoms with van der Waals surface area (Å²) in [5.74, 6) is 0. The summed E-state index contributed by atoms with van der Waals surface area (Å²) in [5, 5.41) is 0. The number of allylic oxidation sites excluding steroid dienone is 2. The molecule has 0 fully saturated rings. The van der Waals surface area contributed by atoms with Gasteiger partial charge in [-0.25, -0.2) is 0 Å². The van der Waals surface area contributed by atoms with Gasteiger partial charge in [0.05, 0.1) is 12.0 Å². The van der Waals surface area contributed by atoms with E-state index in [1.54, 1.807) is 0 Å². The predicted octanol–water partition coefficient (Wildman–Crippen LogP) is 1.09. The van der Waals surface area contributed by atoms with Gasteiger partial charge in [-0.2, -0.15) is 13.2 Å². The van der Waals surface area contributed by atoms with Gasteiger partial charge in [-0.05, 0) is 0 Å². The van der Waals surface area contributed by atoms with Crippen LogP contribution < -0.4 is 4.67 Å². The standard InChI is InChI=1S/C6H5F3N/c7-6(8,9)5-1-3-10-4-2-5/h1,3-4H,2H2/q+1. The van der Waals surface area contributed by atoms with E-state index in [9.17, 15) is 13.2 Å². The highest BCUT2D eigenvalue weighted by molar-refractivity contribution is 5.80. The summed E-state index contributed by atoms with van der Waals surface area (Å²) in [6.07, 6.45) is -0.932. The Morgan fingerprint density at radius 2 is 2.10 bits per heavy atom. The second-order valence-corrected chi connectivity index (χ2v) is 1.87. The molecule has 54 valence electrons. The zero-order valence-electron chi connectivity index (χ0n) is 5.02. The highest BCUT2D eigenvalue weighted by Gasteiger charge is 2.34. The van der Waals surface area contributed by atoms with Gasteiger partial charge in [-0.3, -0.25) is 0 Å². The van der Waals surface area contributed by atoms with Crippen LogP contribution in [-0.4, -0.2) is 18.6 Å². The van der Waals surface area contributed by atoms with Crippen molar-refractivity contribution in [3.05, 3.63) is 11.6 Å². The summed E-state index contributed by atoms with van der Waals surface area (Å²) >= 11 is 0. The van der Waals surface area contributed by atoms with Crippen molar-refractivity contribution in [1.82, 2.24) is 4.67 Å². The number of hydrogen-bond donors (Lipinski definition) is 0. The van der Waals surface area contributed by atoms with E-state index in [4.69, 9.17) is 0 Å². The van der Waals surface area contributed by atoms with E-state index in [1.807, 2.05) is 0 Å². The third-order valence-electron chi connectivity index (χ3n) is 1.14. The SMILES string of the molecule is FC(F)(F)C1=CC=[N+]=CC1. The van der Waals surface area contributed by atoms with Crippen molar-refractivity contribution in [2.75, 3.05) is 0 Å². The molecule has 0 aromatic carbocycles. The summed E-state index contributed by atoms with van der Waals surface area (Å²) in [4.78, 5) is 0. The Morgan fingerprint density at radius 3 is 2.40 bits per heavy atom. The number of rotatable bonds is 0. The van der Waals surface area contributed by atoms with Crippen LogP contribution >= 0.6 is 0 Å². The molecule has 0 N–H and O–H groups in total. The predicted molar refractivity (Wildman–Crippen MR) is 33.0 cm³/mol. The topological polar surface area (TPSA) is 14.1 Å². The first-order chi connectivity index (χ1) is 4.61. The minimum Gasteiger partial charge on any atom is -0.166 e. The zero-order chi connectivity index (χ0) is 7.61. The van der Waals surface area contributed by atoms with Crippen LogP contribution in [0.25, 0.3) is 0 Å². The summed E-state index contributed by atoms with van der Waals surface area (Å²) in [5.41, 5.74) is -0.539. The fraction of sp³-hybridized carbons (Fsp3) is 0.333. The zero-order valence-corrected chi connectivity index (χ0v) is 5.02. The normalized spacial score (nSPS) is 17.3. The van der Waals surface area contributed by atoms with Crippen LogP contribution in [0.3, 0.4) is 0 Å². The molecule has 0 radical (unpaired) electrons. The second kappa shape index (κ2) is 2.31. The average molecular weight is 148 g/mol. The van der Waals surface area contributed by atoms with Crippen molar-refractivity contribution in [2.45, 2.75) is 12.6 Å². The van der Waals surface area contributed by atoms with Gasteiger partial charge >= 0.3 is 6.18 Å². The largest absolute Gasteiger partial charge is 0.413 e. The first kappa shape index (κ1) is 7.09. The highest BCUT2D eigenvalue weighted by Crippen LogP contribution is 2.26. The quantitative estimate of drug-likeness (QED) is 0.456. The van der Waals surface area contributed by atoms with Crippen molar-refractivity contribution in [3.63, 3.8) is 0 Å². The summed E-state index contributed by atoms with van der Waals surface area (Å²) < 4.78 is 38.9. The number of halogens is 3. The fourth-order valence-corrected chi connectivity index (χ4v) is 0.623. The van der Waals surface area contributed by atoms with Crippen LogP contribution in [0, 0.1) is 0 Å². The van der Waals surface area contributed by atoms with Gasteiger partial charge in [-0.1, -0.05) is 0 Å². The van der Waals surface area contributed by atoms with Crippen LogP contribution in [-0.2, 0) is 0 Å². The van der Waals surface area contributed by atoms with Crippen LogP contribution in [0.5, 0.6) is 0 Å². The smallest absolute Gasteiger partial charge is 0.166 e. The number of hydrogen-bond acceptors (Lipinski definition) is 0. The van der Waals surface area contributed by atoms with Crippen molar-refractivity contribution in [1.29, 1.82) is 0 Å². The van der Waals surface area contributed by atoms with Gasteiger partial charge in [0, 0.05) is 6.08 Å². The van der Waals surface area contributed by atoms with Crippen molar-refractivity contribution in [3.8, 4) is 0 Å². The van der Waals surface area contributed by atoms with Gasteiger partial charge in [-0.15, -0.1) is 4.67 Å². The van der Waals surface area contributed by atoms with Crippen LogP contribution in [0.1, 0.15) is 6.42 Å². The molecule has 4 heteroatoms. The maximum Gasteiger partial charge on any atom is 0.413 e. The van der Waals surface area contributed by atoms with Gasteiger partial charge < -0.3 is 0 Å². The van der Waals surface area contributed by atoms with Crippen molar-refractivity contribution >= 4 is 12.4 Å². The molecule has 0 saturated heterocycles. The lowest BCUT2D eigenvalue weighted by Gasteiger charge is -2.05. The van der Waals surface area contributed by atoms with Gasteiger partial charge in [0.15, 0.2) is 0 Å². The molecule has 1 aliphatic heterocycles. The van der Waals surface area contributed by atoms with Gasteiger partial charge in [0.1, 0.15) is 0 Å². The van der Waals surface area contributed by atoms with Crippen LogP contribution in [0.2, 0.25) is 0 Å². The molecule has 0 aromatic heterocycles. The summed E-state index contributed by atoms with van der Waals surface area (Å²) in [6.45, 7) is 0. The molecule has 0 atom stereocenters. The number of nitrogens with zero attached hydrogens (tertiary/aromatic N) is 1. The van der Waals surface area contributed by atoms with Crippen molar-refractivity contribution in [2.24, 2.45) is 0 Å². The first-order valence-corrected chi connectivity index (χ1v) is 2.72. The van der Waals surface area contributed by atoms with E-state index >= 15 is 0 Å². The molecule has 0 saturated carbocycles. The van der Waals surface area contributed by atoms with Crippen LogP contribution in [0.4, 0.5) is 13.2 Å². The van der Waals surface area contributed by atoms with Gasteiger partial charge in [0.2, 0.25) is 0 Å². The molecule has 0 amide bonds. The fourth-order valence-electron chi connectivity index (χ4n) is 0.623. The molecule has 1 heterocycles. The van der Waals surface area contributed by atoms with E-state index in [2.05, 4.69) is 4.67 Å². The number of alkyl halides is 3. The molecule has 1 rings (SSSR count). The van der Waals surface area contributed by atoms with E-state index in [0.717, 1.165) is 12.3 Å². The molecule has 1 aliphatic rings. The van der Waals surface area contributed by atoms with E-state index in [0.29, 0.717) is 0 Å². The Bertz CT molecular complexity index is 218. The lowest BCUT2D eigenvalue weighted by Crippen LogP contribution is -2.14. The average Bonchev–Trinajstić information content (AvgIpc) is 1.88. The molecule has 10 heavy (non-hydrogen) atoms. The minimum atomic E-state index is -4.19. The Balaban J connectivity index is 2.79. The lowest BCUT2D eigenvalue weighted by molar-refractivity contribution is -0.0923. The molecule has 0 aromatic rings. The Hall–Kier alpha value is -1.02. The molecule has 0 bridgehead atoms. The maximum absolute atomic E-state index is 11.8. The maximum atomic E-state index is 11.8. The van der Waals surface area contributed by atoms with Crippen molar-refractivity contribution < 1.29 is 13.2 Å². The Kier molecular flexibility index (Phi) is 1.64. The minimum absolute atomic E-state index is 0.111. The Labute approximate surface area is 55.6 Å². The van der Waals surface area contributed by atoms with Crippen LogP contribution in [0.15, 0.2) is 11.6 Å². The third kappa shape index (κ3) is 1.48.